The molecule has 28 heavy (non-hydrogen) atoms. The first-order chi connectivity index (χ1) is 13.3. The number of ether oxygens (including phenoxy) is 1. The third-order valence-corrected chi connectivity index (χ3v) is 4.74. The Morgan fingerprint density at radius 1 is 1.25 bits per heavy atom. The van der Waals surface area contributed by atoms with Crippen LogP contribution in [0, 0.1) is 6.92 Å². The van der Waals surface area contributed by atoms with Crippen LogP contribution in [-0.2, 0) is 10.9 Å². The molecule has 9 heteroatoms. The number of alkyl halides is 3. The molecule has 0 radical (unpaired) electrons. The number of hydrogen-bond donors (Lipinski definition) is 2. The maximum atomic E-state index is 12.7. The van der Waals surface area contributed by atoms with Gasteiger partial charge in [-0.05, 0) is 43.9 Å². The van der Waals surface area contributed by atoms with Gasteiger partial charge in [-0.25, -0.2) is 14.8 Å². The maximum Gasteiger partial charge on any atom is 0.416 e. The van der Waals surface area contributed by atoms with E-state index in [0.29, 0.717) is 23.5 Å². The van der Waals surface area contributed by atoms with E-state index in [1.165, 1.54) is 18.5 Å². The Balaban J connectivity index is 1.63. The summed E-state index contributed by atoms with van der Waals surface area (Å²) >= 11 is 0. The lowest BCUT2D eigenvalue weighted by Crippen LogP contribution is -2.29. The third kappa shape index (κ3) is 4.59. The normalized spacial score (nSPS) is 20.0. The van der Waals surface area contributed by atoms with Crippen LogP contribution in [0.1, 0.15) is 52.5 Å². The Morgan fingerprint density at radius 2 is 1.96 bits per heavy atom. The molecule has 0 bridgehead atoms. The first kappa shape index (κ1) is 20.1. The topological polar surface area (TPSA) is 84.3 Å². The molecule has 1 fully saturated rings. The van der Waals surface area contributed by atoms with Crippen LogP contribution >= 0.6 is 0 Å². The van der Waals surface area contributed by atoms with E-state index in [1.54, 1.807) is 6.92 Å². The molecule has 3 rings (SSSR count). The van der Waals surface area contributed by atoms with Crippen LogP contribution in [0.2, 0.25) is 0 Å². The van der Waals surface area contributed by atoms with Gasteiger partial charge in [0.05, 0.1) is 17.8 Å². The number of aromatic nitrogens is 2. The molecule has 1 aromatic carbocycles. The van der Waals surface area contributed by atoms with E-state index in [0.717, 1.165) is 31.4 Å². The van der Waals surface area contributed by atoms with Gasteiger partial charge in [0.25, 0.3) is 0 Å². The summed E-state index contributed by atoms with van der Waals surface area (Å²) in [4.78, 5) is 19.0. The van der Waals surface area contributed by atoms with Gasteiger partial charge in [-0.1, -0.05) is 12.1 Å². The molecule has 1 saturated heterocycles. The Labute approximate surface area is 159 Å². The van der Waals surface area contributed by atoms with Crippen molar-refractivity contribution in [1.29, 1.82) is 0 Å². The molecular weight excluding hydrogens is 375 g/mol. The summed E-state index contributed by atoms with van der Waals surface area (Å²) in [6.45, 7) is 2.03. The van der Waals surface area contributed by atoms with Gasteiger partial charge >= 0.3 is 12.1 Å². The second-order valence-corrected chi connectivity index (χ2v) is 6.68. The summed E-state index contributed by atoms with van der Waals surface area (Å²) in [5, 5.41) is 12.2. The van der Waals surface area contributed by atoms with Crippen molar-refractivity contribution in [2.24, 2.45) is 0 Å². The van der Waals surface area contributed by atoms with Crippen molar-refractivity contribution in [3.63, 3.8) is 0 Å². The fourth-order valence-electron chi connectivity index (χ4n) is 3.24. The SMILES string of the molecule is Cc1c(NCC2CCC[C@H](c3ccc(C(F)(F)F)cc3)O2)ncnc1C(=O)O. The van der Waals surface area contributed by atoms with Crippen molar-refractivity contribution in [2.75, 3.05) is 11.9 Å². The summed E-state index contributed by atoms with van der Waals surface area (Å²) in [6.07, 6.45) is -1.21. The Hall–Kier alpha value is -2.68. The molecule has 1 unspecified atom stereocenters. The summed E-state index contributed by atoms with van der Waals surface area (Å²) in [6, 6.07) is 5.05. The van der Waals surface area contributed by atoms with Crippen LogP contribution in [0.25, 0.3) is 0 Å². The zero-order valence-corrected chi connectivity index (χ0v) is 15.2. The number of carboxylic acids is 1. The van der Waals surface area contributed by atoms with Crippen LogP contribution < -0.4 is 5.32 Å². The Kier molecular flexibility index (Phi) is 5.83. The number of benzene rings is 1. The molecule has 2 heterocycles. The average molecular weight is 395 g/mol. The van der Waals surface area contributed by atoms with E-state index in [-0.39, 0.29) is 17.9 Å². The van der Waals surface area contributed by atoms with E-state index in [4.69, 9.17) is 9.84 Å². The van der Waals surface area contributed by atoms with Crippen LogP contribution in [0.3, 0.4) is 0 Å². The van der Waals surface area contributed by atoms with Crippen LogP contribution in [0.4, 0.5) is 19.0 Å². The number of anilines is 1. The van der Waals surface area contributed by atoms with E-state index >= 15 is 0 Å². The molecule has 150 valence electrons. The minimum Gasteiger partial charge on any atom is -0.476 e. The van der Waals surface area contributed by atoms with Gasteiger partial charge < -0.3 is 15.2 Å². The number of aromatic carboxylic acids is 1. The highest BCUT2D eigenvalue weighted by Gasteiger charge is 2.31. The van der Waals surface area contributed by atoms with Gasteiger partial charge in [0.15, 0.2) is 5.69 Å². The highest BCUT2D eigenvalue weighted by atomic mass is 19.4. The number of halogens is 3. The number of carbonyl (C=O) groups is 1. The Morgan fingerprint density at radius 3 is 2.61 bits per heavy atom. The molecule has 1 aliphatic rings. The fraction of sp³-hybridized carbons (Fsp3) is 0.421. The van der Waals surface area contributed by atoms with Crippen molar-refractivity contribution in [3.05, 3.63) is 53.0 Å². The van der Waals surface area contributed by atoms with Crippen molar-refractivity contribution >= 4 is 11.8 Å². The van der Waals surface area contributed by atoms with Gasteiger partial charge in [-0.3, -0.25) is 0 Å². The molecule has 1 aliphatic heterocycles. The smallest absolute Gasteiger partial charge is 0.416 e. The molecule has 6 nitrogen and oxygen atoms in total. The van der Waals surface area contributed by atoms with Gasteiger partial charge in [0.2, 0.25) is 0 Å². The number of hydrogen-bond acceptors (Lipinski definition) is 5. The third-order valence-electron chi connectivity index (χ3n) is 4.74. The predicted molar refractivity (Wildman–Crippen MR) is 95.1 cm³/mol. The van der Waals surface area contributed by atoms with E-state index < -0.39 is 17.7 Å². The highest BCUT2D eigenvalue weighted by Crippen LogP contribution is 2.34. The zero-order valence-electron chi connectivity index (χ0n) is 15.2. The van der Waals surface area contributed by atoms with Gasteiger partial charge in [-0.2, -0.15) is 13.2 Å². The number of nitrogens with zero attached hydrogens (tertiary/aromatic N) is 2. The largest absolute Gasteiger partial charge is 0.476 e. The number of rotatable bonds is 5. The summed E-state index contributed by atoms with van der Waals surface area (Å²) in [5.41, 5.74) is 0.401. The highest BCUT2D eigenvalue weighted by molar-refractivity contribution is 5.88. The monoisotopic (exact) mass is 395 g/mol. The van der Waals surface area contributed by atoms with Crippen LogP contribution in [0.15, 0.2) is 30.6 Å². The molecule has 0 spiro atoms. The second kappa shape index (κ2) is 8.14. The van der Waals surface area contributed by atoms with Gasteiger partial charge in [-0.15, -0.1) is 0 Å². The predicted octanol–water partition coefficient (Wildman–Crippen LogP) is 4.22. The summed E-state index contributed by atoms with van der Waals surface area (Å²) in [5.74, 6) is -0.702. The standard InChI is InChI=1S/C19H20F3N3O3/c1-11-16(18(26)27)24-10-25-17(11)23-9-14-3-2-4-15(28-14)12-5-7-13(8-6-12)19(20,21)22/h5-8,10,14-15H,2-4,9H2,1H3,(H,26,27)(H,23,24,25)/t14?,15-/m1/s1. The second-order valence-electron chi connectivity index (χ2n) is 6.68. The maximum absolute atomic E-state index is 12.7. The number of nitrogens with one attached hydrogen (secondary N) is 1. The fourth-order valence-corrected chi connectivity index (χ4v) is 3.24. The van der Waals surface area contributed by atoms with Gasteiger partial charge in [0.1, 0.15) is 12.1 Å². The average Bonchev–Trinajstić information content (AvgIpc) is 2.66. The number of carboxylic acid groups (broad SMARTS) is 1. The molecule has 2 aromatic rings. The van der Waals surface area contributed by atoms with Crippen LogP contribution in [0.5, 0.6) is 0 Å². The Bertz CT molecular complexity index is 841. The molecule has 0 amide bonds. The van der Waals surface area contributed by atoms with Crippen molar-refractivity contribution < 1.29 is 27.8 Å². The lowest BCUT2D eigenvalue weighted by atomic mass is 9.97. The first-order valence-corrected chi connectivity index (χ1v) is 8.87. The zero-order chi connectivity index (χ0) is 20.3. The van der Waals surface area contributed by atoms with Crippen molar-refractivity contribution in [3.8, 4) is 0 Å². The van der Waals surface area contributed by atoms with Gasteiger partial charge in [0, 0.05) is 12.1 Å². The molecule has 2 atom stereocenters. The van der Waals surface area contributed by atoms with E-state index in [9.17, 15) is 18.0 Å². The minimum absolute atomic E-state index is 0.0651. The van der Waals surface area contributed by atoms with Crippen molar-refractivity contribution in [1.82, 2.24) is 9.97 Å². The molecule has 0 aliphatic carbocycles. The first-order valence-electron chi connectivity index (χ1n) is 8.87. The van der Waals surface area contributed by atoms with Crippen molar-refractivity contribution in [2.45, 2.75) is 44.6 Å². The lowest BCUT2D eigenvalue weighted by molar-refractivity contribution is -0.137. The summed E-state index contributed by atoms with van der Waals surface area (Å²) in [7, 11) is 0. The molecule has 1 aromatic heterocycles. The lowest BCUT2D eigenvalue weighted by Gasteiger charge is -2.31. The van der Waals surface area contributed by atoms with E-state index in [2.05, 4.69) is 15.3 Å². The minimum atomic E-state index is -4.36. The molecule has 0 saturated carbocycles. The molecular formula is C19H20F3N3O3. The van der Waals surface area contributed by atoms with E-state index in [1.807, 2.05) is 0 Å². The molecule has 2 N–H and O–H groups in total. The van der Waals surface area contributed by atoms with Crippen LogP contribution in [-0.4, -0.2) is 33.7 Å². The summed E-state index contributed by atoms with van der Waals surface area (Å²) < 4.78 is 44.2. The quantitative estimate of drug-likeness (QED) is 0.789.